The van der Waals surface area contributed by atoms with Crippen LogP contribution in [0.1, 0.15) is 11.1 Å². The van der Waals surface area contributed by atoms with Crippen LogP contribution >= 0.6 is 0 Å². The molecule has 3 N–H and O–H groups in total. The standard InChI is InChI=1S/C18H21N3O6S/c1-12-4-6-14(7-5-12)28(23,24)21-20-10-13-8-15(25-2)18(16(9-13)26-3)27-11-17(19)22/h4-10,21H,11H2,1-3H3,(H2,19,22)/b20-10-. The van der Waals surface area contributed by atoms with Crippen molar-refractivity contribution in [1.29, 1.82) is 0 Å². The number of benzene rings is 2. The lowest BCUT2D eigenvalue weighted by molar-refractivity contribution is -0.120. The zero-order valence-corrected chi connectivity index (χ0v) is 16.4. The van der Waals surface area contributed by atoms with Crippen LogP contribution in [-0.2, 0) is 14.8 Å². The fourth-order valence-electron chi connectivity index (χ4n) is 2.20. The average Bonchev–Trinajstić information content (AvgIpc) is 2.66. The van der Waals surface area contributed by atoms with Crippen LogP contribution in [0, 0.1) is 6.92 Å². The van der Waals surface area contributed by atoms with E-state index in [1.165, 1.54) is 32.6 Å². The molecule has 0 saturated heterocycles. The highest BCUT2D eigenvalue weighted by Gasteiger charge is 2.15. The first kappa shape index (κ1) is 21.0. The topological polar surface area (TPSA) is 129 Å². The van der Waals surface area contributed by atoms with Gasteiger partial charge in [0.15, 0.2) is 18.1 Å². The largest absolute Gasteiger partial charge is 0.493 e. The van der Waals surface area contributed by atoms with Gasteiger partial charge in [-0.05, 0) is 31.2 Å². The molecule has 0 aliphatic carbocycles. The number of nitrogens with zero attached hydrogens (tertiary/aromatic N) is 1. The van der Waals surface area contributed by atoms with Crippen molar-refractivity contribution in [3.8, 4) is 17.2 Å². The van der Waals surface area contributed by atoms with E-state index in [0.717, 1.165) is 5.56 Å². The number of sulfonamides is 1. The lowest BCUT2D eigenvalue weighted by Gasteiger charge is -2.14. The molecular weight excluding hydrogens is 386 g/mol. The highest BCUT2D eigenvalue weighted by atomic mass is 32.2. The second-order valence-electron chi connectivity index (χ2n) is 5.68. The summed E-state index contributed by atoms with van der Waals surface area (Å²) >= 11 is 0. The molecule has 0 saturated carbocycles. The predicted molar refractivity (Wildman–Crippen MR) is 103 cm³/mol. The Morgan fingerprint density at radius 1 is 1.14 bits per heavy atom. The average molecular weight is 407 g/mol. The van der Waals surface area contributed by atoms with Gasteiger partial charge in [-0.1, -0.05) is 17.7 Å². The number of hydrogen-bond acceptors (Lipinski definition) is 7. The number of ether oxygens (including phenoxy) is 3. The predicted octanol–water partition coefficient (Wildman–Crippen LogP) is 1.19. The van der Waals surface area contributed by atoms with E-state index < -0.39 is 15.9 Å². The molecule has 0 aliphatic rings. The molecule has 2 aromatic carbocycles. The number of methoxy groups -OCH3 is 2. The minimum atomic E-state index is -3.79. The second-order valence-corrected chi connectivity index (χ2v) is 7.34. The number of hydrazone groups is 1. The summed E-state index contributed by atoms with van der Waals surface area (Å²) in [6, 6.07) is 9.46. The molecule has 2 aromatic rings. The summed E-state index contributed by atoms with van der Waals surface area (Å²) in [7, 11) is -0.972. The number of carbonyl (C=O) groups is 1. The molecule has 9 nitrogen and oxygen atoms in total. The third-order valence-electron chi connectivity index (χ3n) is 3.56. The summed E-state index contributed by atoms with van der Waals surface area (Å²) in [6.07, 6.45) is 1.29. The van der Waals surface area contributed by atoms with Gasteiger partial charge >= 0.3 is 0 Å². The van der Waals surface area contributed by atoms with Gasteiger partial charge < -0.3 is 19.9 Å². The van der Waals surface area contributed by atoms with E-state index >= 15 is 0 Å². The molecule has 0 atom stereocenters. The van der Waals surface area contributed by atoms with Gasteiger partial charge in [0.25, 0.3) is 15.9 Å². The number of aryl methyl sites for hydroxylation is 1. The molecule has 0 aromatic heterocycles. The number of rotatable bonds is 9. The molecule has 10 heteroatoms. The molecule has 0 unspecified atom stereocenters. The molecular formula is C18H21N3O6S. The Bertz CT molecular complexity index is 946. The van der Waals surface area contributed by atoms with Crippen molar-refractivity contribution < 1.29 is 27.4 Å². The van der Waals surface area contributed by atoms with Crippen molar-refractivity contribution >= 4 is 22.1 Å². The molecule has 2 rings (SSSR count). The van der Waals surface area contributed by atoms with E-state index in [4.69, 9.17) is 19.9 Å². The number of carbonyl (C=O) groups excluding carboxylic acids is 1. The maximum atomic E-state index is 12.2. The van der Waals surface area contributed by atoms with E-state index in [1.807, 2.05) is 6.92 Å². The third-order valence-corrected chi connectivity index (χ3v) is 4.80. The van der Waals surface area contributed by atoms with Gasteiger partial charge in [-0.25, -0.2) is 4.83 Å². The third kappa shape index (κ3) is 5.36. The summed E-state index contributed by atoms with van der Waals surface area (Å²) < 4.78 is 40.3. The van der Waals surface area contributed by atoms with Gasteiger partial charge in [0.05, 0.1) is 25.3 Å². The Morgan fingerprint density at radius 2 is 1.71 bits per heavy atom. The van der Waals surface area contributed by atoms with Gasteiger partial charge in [-0.15, -0.1) is 0 Å². The van der Waals surface area contributed by atoms with Gasteiger partial charge in [0, 0.05) is 5.56 Å². The molecule has 150 valence electrons. The number of primary amides is 1. The SMILES string of the molecule is COc1cc(/C=N\NS(=O)(=O)c2ccc(C)cc2)cc(OC)c1OCC(N)=O. The molecule has 0 heterocycles. The monoisotopic (exact) mass is 407 g/mol. The van der Waals surface area contributed by atoms with Crippen molar-refractivity contribution in [1.82, 2.24) is 4.83 Å². The van der Waals surface area contributed by atoms with Crippen LogP contribution in [-0.4, -0.2) is 41.4 Å². The second kappa shape index (κ2) is 9.09. The van der Waals surface area contributed by atoms with E-state index in [2.05, 4.69) is 9.93 Å². The summed E-state index contributed by atoms with van der Waals surface area (Å²) in [4.78, 5) is 13.2. The quantitative estimate of drug-likeness (QED) is 0.474. The first-order chi connectivity index (χ1) is 13.3. The molecule has 28 heavy (non-hydrogen) atoms. The van der Waals surface area contributed by atoms with Crippen LogP contribution in [0.15, 0.2) is 46.4 Å². The fraction of sp³-hybridized carbons (Fsp3) is 0.222. The van der Waals surface area contributed by atoms with Crippen molar-refractivity contribution in [2.24, 2.45) is 10.8 Å². The van der Waals surface area contributed by atoms with Gasteiger partial charge in [0.1, 0.15) is 0 Å². The van der Waals surface area contributed by atoms with Crippen molar-refractivity contribution in [2.45, 2.75) is 11.8 Å². The Kier molecular flexibility index (Phi) is 6.83. The first-order valence-corrected chi connectivity index (χ1v) is 9.54. The normalized spacial score (nSPS) is 11.2. The fourth-order valence-corrected chi connectivity index (χ4v) is 2.99. The molecule has 0 fully saturated rings. The minimum absolute atomic E-state index is 0.0978. The van der Waals surface area contributed by atoms with E-state index in [1.54, 1.807) is 24.3 Å². The van der Waals surface area contributed by atoms with Crippen molar-refractivity contribution in [2.75, 3.05) is 20.8 Å². The highest BCUT2D eigenvalue weighted by molar-refractivity contribution is 7.89. The Labute approximate surface area is 163 Å². The zero-order chi connectivity index (χ0) is 20.7. The van der Waals surface area contributed by atoms with Gasteiger partial charge in [-0.2, -0.15) is 13.5 Å². The van der Waals surface area contributed by atoms with Gasteiger partial charge in [-0.3, -0.25) is 4.79 Å². The summed E-state index contributed by atoms with van der Waals surface area (Å²) in [5.74, 6) is 0.0772. The van der Waals surface area contributed by atoms with Crippen LogP contribution in [0.2, 0.25) is 0 Å². The highest BCUT2D eigenvalue weighted by Crippen LogP contribution is 2.38. The van der Waals surface area contributed by atoms with Crippen LogP contribution in [0.5, 0.6) is 17.2 Å². The maximum absolute atomic E-state index is 12.2. The Balaban J connectivity index is 2.23. The number of nitrogens with one attached hydrogen (secondary N) is 1. The van der Waals surface area contributed by atoms with Crippen molar-refractivity contribution in [3.05, 3.63) is 47.5 Å². The van der Waals surface area contributed by atoms with Crippen LogP contribution in [0.25, 0.3) is 0 Å². The lowest BCUT2D eigenvalue weighted by Crippen LogP contribution is -2.20. The summed E-state index contributed by atoms with van der Waals surface area (Å²) in [6.45, 7) is 1.51. The summed E-state index contributed by atoms with van der Waals surface area (Å²) in [5.41, 5.74) is 6.51. The van der Waals surface area contributed by atoms with E-state index in [0.29, 0.717) is 5.56 Å². The number of amides is 1. The molecule has 0 bridgehead atoms. The Hall–Kier alpha value is -3.27. The van der Waals surface area contributed by atoms with E-state index in [-0.39, 0.29) is 28.8 Å². The summed E-state index contributed by atoms with van der Waals surface area (Å²) in [5, 5.41) is 3.78. The number of hydrogen-bond donors (Lipinski definition) is 2. The Morgan fingerprint density at radius 3 is 2.21 bits per heavy atom. The smallest absolute Gasteiger partial charge is 0.276 e. The van der Waals surface area contributed by atoms with Crippen molar-refractivity contribution in [3.63, 3.8) is 0 Å². The molecule has 0 spiro atoms. The van der Waals surface area contributed by atoms with E-state index in [9.17, 15) is 13.2 Å². The molecule has 1 amide bonds. The van der Waals surface area contributed by atoms with Crippen LogP contribution in [0.4, 0.5) is 0 Å². The molecule has 0 radical (unpaired) electrons. The zero-order valence-electron chi connectivity index (χ0n) is 15.6. The minimum Gasteiger partial charge on any atom is -0.493 e. The number of nitrogens with two attached hydrogens (primary N) is 1. The van der Waals surface area contributed by atoms with Crippen LogP contribution < -0.4 is 24.8 Å². The molecule has 0 aliphatic heterocycles. The maximum Gasteiger partial charge on any atom is 0.276 e. The lowest BCUT2D eigenvalue weighted by atomic mass is 10.2. The first-order valence-electron chi connectivity index (χ1n) is 8.05. The van der Waals surface area contributed by atoms with Crippen LogP contribution in [0.3, 0.4) is 0 Å². The van der Waals surface area contributed by atoms with Gasteiger partial charge in [0.2, 0.25) is 5.75 Å².